The Bertz CT molecular complexity index is 612. The molecule has 2 aromatic carbocycles. The Labute approximate surface area is 118 Å². The Hall–Kier alpha value is -2.36. The van der Waals surface area contributed by atoms with Crippen molar-refractivity contribution in [1.82, 2.24) is 0 Å². The lowest BCUT2D eigenvalue weighted by molar-refractivity contribution is 0.174. The summed E-state index contributed by atoms with van der Waals surface area (Å²) in [5, 5.41) is 3.45. The molecule has 3 rings (SSSR count). The molecular formula is C16H17NO3. The van der Waals surface area contributed by atoms with Gasteiger partial charge in [-0.25, -0.2) is 0 Å². The highest BCUT2D eigenvalue weighted by Crippen LogP contribution is 2.34. The van der Waals surface area contributed by atoms with E-state index < -0.39 is 0 Å². The number of hydrogen-bond acceptors (Lipinski definition) is 4. The molecule has 0 fully saturated rings. The molecule has 4 heteroatoms. The second-order valence-electron chi connectivity index (χ2n) is 4.71. The summed E-state index contributed by atoms with van der Waals surface area (Å²) in [5.74, 6) is 2.46. The van der Waals surface area contributed by atoms with E-state index in [0.717, 1.165) is 28.5 Å². The first kappa shape index (κ1) is 12.7. The predicted octanol–water partition coefficient (Wildman–Crippen LogP) is 3.60. The molecule has 1 heterocycles. The zero-order valence-electron chi connectivity index (χ0n) is 11.6. The maximum absolute atomic E-state index is 5.41. The Morgan fingerprint density at radius 3 is 2.80 bits per heavy atom. The van der Waals surface area contributed by atoms with Crippen LogP contribution >= 0.6 is 0 Å². The van der Waals surface area contributed by atoms with Gasteiger partial charge < -0.3 is 19.5 Å². The van der Waals surface area contributed by atoms with E-state index >= 15 is 0 Å². The van der Waals surface area contributed by atoms with Gasteiger partial charge in [0.1, 0.15) is 5.75 Å². The van der Waals surface area contributed by atoms with Gasteiger partial charge in [0.15, 0.2) is 11.5 Å². The van der Waals surface area contributed by atoms with E-state index in [2.05, 4.69) is 12.2 Å². The number of methoxy groups -OCH3 is 1. The summed E-state index contributed by atoms with van der Waals surface area (Å²) >= 11 is 0. The third-order valence-electron chi connectivity index (χ3n) is 3.35. The van der Waals surface area contributed by atoms with Crippen molar-refractivity contribution in [2.24, 2.45) is 0 Å². The fourth-order valence-electron chi connectivity index (χ4n) is 2.23. The number of ether oxygens (including phenoxy) is 3. The number of rotatable bonds is 4. The van der Waals surface area contributed by atoms with E-state index in [9.17, 15) is 0 Å². The molecule has 0 saturated heterocycles. The summed E-state index contributed by atoms with van der Waals surface area (Å²) in [4.78, 5) is 0. The summed E-state index contributed by atoms with van der Waals surface area (Å²) in [6.45, 7) is 2.41. The normalized spacial score (nSPS) is 13.9. The van der Waals surface area contributed by atoms with Crippen molar-refractivity contribution in [1.29, 1.82) is 0 Å². The maximum Gasteiger partial charge on any atom is 0.231 e. The van der Waals surface area contributed by atoms with Crippen LogP contribution in [0.1, 0.15) is 18.5 Å². The molecule has 1 aliphatic heterocycles. The molecule has 4 nitrogen and oxygen atoms in total. The van der Waals surface area contributed by atoms with Crippen LogP contribution < -0.4 is 19.5 Å². The topological polar surface area (TPSA) is 39.7 Å². The maximum atomic E-state index is 5.41. The Morgan fingerprint density at radius 1 is 1.10 bits per heavy atom. The lowest BCUT2D eigenvalue weighted by Crippen LogP contribution is -2.06. The molecule has 0 spiro atoms. The van der Waals surface area contributed by atoms with Gasteiger partial charge in [-0.15, -0.1) is 0 Å². The molecule has 0 amide bonds. The summed E-state index contributed by atoms with van der Waals surface area (Å²) in [6.07, 6.45) is 0. The molecule has 1 aliphatic rings. The van der Waals surface area contributed by atoms with Crippen molar-refractivity contribution < 1.29 is 14.2 Å². The zero-order valence-corrected chi connectivity index (χ0v) is 11.6. The highest BCUT2D eigenvalue weighted by molar-refractivity contribution is 5.51. The molecular weight excluding hydrogens is 254 g/mol. The Kier molecular flexibility index (Phi) is 3.37. The molecule has 1 unspecified atom stereocenters. The molecule has 0 radical (unpaired) electrons. The monoisotopic (exact) mass is 271 g/mol. The number of fused-ring (bicyclic) bond motifs is 1. The van der Waals surface area contributed by atoms with Gasteiger partial charge in [-0.3, -0.25) is 0 Å². The van der Waals surface area contributed by atoms with Gasteiger partial charge in [0.25, 0.3) is 0 Å². The van der Waals surface area contributed by atoms with Gasteiger partial charge in [-0.05, 0) is 36.8 Å². The van der Waals surface area contributed by atoms with E-state index in [0.29, 0.717) is 6.79 Å². The van der Waals surface area contributed by atoms with Crippen LogP contribution in [0, 0.1) is 0 Å². The molecule has 0 bridgehead atoms. The molecule has 0 aromatic heterocycles. The van der Waals surface area contributed by atoms with Crippen LogP contribution in [0.15, 0.2) is 42.5 Å². The van der Waals surface area contributed by atoms with E-state index in [1.165, 1.54) is 0 Å². The second kappa shape index (κ2) is 5.33. The number of anilines is 1. The molecule has 104 valence electrons. The molecule has 1 atom stereocenters. The number of nitrogens with one attached hydrogen (secondary N) is 1. The number of benzene rings is 2. The number of hydrogen-bond donors (Lipinski definition) is 1. The molecule has 2 aromatic rings. The molecule has 1 N–H and O–H groups in total. The summed E-state index contributed by atoms with van der Waals surface area (Å²) in [6, 6.07) is 14.1. The van der Waals surface area contributed by atoms with Crippen LogP contribution in [0.3, 0.4) is 0 Å². The predicted molar refractivity (Wildman–Crippen MR) is 77.6 cm³/mol. The highest BCUT2D eigenvalue weighted by Gasteiger charge is 2.15. The molecule has 20 heavy (non-hydrogen) atoms. The fraction of sp³-hybridized carbons (Fsp3) is 0.250. The van der Waals surface area contributed by atoms with E-state index in [4.69, 9.17) is 14.2 Å². The first-order valence-electron chi connectivity index (χ1n) is 6.56. The lowest BCUT2D eigenvalue weighted by atomic mass is 10.1. The van der Waals surface area contributed by atoms with Crippen LogP contribution in [-0.2, 0) is 0 Å². The Morgan fingerprint density at radius 2 is 1.95 bits per heavy atom. The molecule has 0 aliphatic carbocycles. The Balaban J connectivity index is 1.77. The highest BCUT2D eigenvalue weighted by atomic mass is 16.7. The van der Waals surface area contributed by atoms with Crippen molar-refractivity contribution in [3.05, 3.63) is 48.0 Å². The van der Waals surface area contributed by atoms with Crippen molar-refractivity contribution >= 4 is 5.69 Å². The van der Waals surface area contributed by atoms with Crippen LogP contribution in [0.5, 0.6) is 17.2 Å². The minimum absolute atomic E-state index is 0.164. The van der Waals surface area contributed by atoms with Gasteiger partial charge >= 0.3 is 0 Å². The standard InChI is InChI=1S/C16H17NO3/c1-11(17-13-4-3-5-14(9-13)18-2)12-6-7-15-16(8-12)20-10-19-15/h3-9,11,17H,10H2,1-2H3. The van der Waals surface area contributed by atoms with Crippen molar-refractivity contribution in [3.8, 4) is 17.2 Å². The third-order valence-corrected chi connectivity index (χ3v) is 3.35. The van der Waals surface area contributed by atoms with Gasteiger partial charge in [0, 0.05) is 17.8 Å². The van der Waals surface area contributed by atoms with Gasteiger partial charge in [-0.1, -0.05) is 12.1 Å². The van der Waals surface area contributed by atoms with Crippen molar-refractivity contribution in [2.75, 3.05) is 19.2 Å². The lowest BCUT2D eigenvalue weighted by Gasteiger charge is -2.16. The van der Waals surface area contributed by atoms with Crippen LogP contribution in [0.25, 0.3) is 0 Å². The van der Waals surface area contributed by atoms with E-state index in [-0.39, 0.29) is 6.04 Å². The fourth-order valence-corrected chi connectivity index (χ4v) is 2.23. The second-order valence-corrected chi connectivity index (χ2v) is 4.71. The first-order chi connectivity index (χ1) is 9.76. The van der Waals surface area contributed by atoms with E-state index in [1.54, 1.807) is 7.11 Å². The summed E-state index contributed by atoms with van der Waals surface area (Å²) in [5.41, 5.74) is 2.17. The third kappa shape index (κ3) is 2.50. The van der Waals surface area contributed by atoms with Gasteiger partial charge in [0.05, 0.1) is 7.11 Å². The SMILES string of the molecule is COc1cccc(NC(C)c2ccc3c(c2)OCO3)c1. The van der Waals surface area contributed by atoms with Crippen LogP contribution in [0.4, 0.5) is 5.69 Å². The van der Waals surface area contributed by atoms with Crippen LogP contribution in [-0.4, -0.2) is 13.9 Å². The van der Waals surface area contributed by atoms with Gasteiger partial charge in [-0.2, -0.15) is 0 Å². The minimum atomic E-state index is 0.164. The summed E-state index contributed by atoms with van der Waals surface area (Å²) < 4.78 is 16.0. The average molecular weight is 271 g/mol. The average Bonchev–Trinajstić information content (AvgIpc) is 2.94. The van der Waals surface area contributed by atoms with Gasteiger partial charge in [0.2, 0.25) is 6.79 Å². The van der Waals surface area contributed by atoms with Crippen LogP contribution in [0.2, 0.25) is 0 Å². The first-order valence-corrected chi connectivity index (χ1v) is 6.56. The van der Waals surface area contributed by atoms with Crippen molar-refractivity contribution in [2.45, 2.75) is 13.0 Å². The quantitative estimate of drug-likeness (QED) is 0.922. The van der Waals surface area contributed by atoms with E-state index in [1.807, 2.05) is 42.5 Å². The zero-order chi connectivity index (χ0) is 13.9. The van der Waals surface area contributed by atoms with Crippen molar-refractivity contribution in [3.63, 3.8) is 0 Å². The minimum Gasteiger partial charge on any atom is -0.497 e. The smallest absolute Gasteiger partial charge is 0.231 e. The largest absolute Gasteiger partial charge is 0.497 e. The summed E-state index contributed by atoms with van der Waals surface area (Å²) in [7, 11) is 1.67. The molecule has 0 saturated carbocycles.